The van der Waals surface area contributed by atoms with Gasteiger partial charge in [0.25, 0.3) is 5.69 Å². The first kappa shape index (κ1) is 28.5. The third-order valence-corrected chi connectivity index (χ3v) is 9.95. The van der Waals surface area contributed by atoms with Gasteiger partial charge in [0.1, 0.15) is 5.69 Å². The molecule has 0 spiro atoms. The minimum absolute atomic E-state index is 0.0533. The molecule has 11 nitrogen and oxygen atoms in total. The highest BCUT2D eigenvalue weighted by molar-refractivity contribution is 14.1. The molecule has 0 bridgehead atoms. The summed E-state index contributed by atoms with van der Waals surface area (Å²) in [6.07, 6.45) is 3.69. The summed E-state index contributed by atoms with van der Waals surface area (Å²) in [6.45, 7) is 5.25. The molecule has 0 radical (unpaired) electrons. The number of hydrogen-bond donors (Lipinski definition) is 0. The molecular formula is C27H30IN5O6S. The minimum atomic E-state index is -3.71. The third kappa shape index (κ3) is 6.15. The summed E-state index contributed by atoms with van der Waals surface area (Å²) < 4.78 is 36.2. The minimum Gasteiger partial charge on any atom is -0.486 e. The molecule has 0 N–H and O–H groups in total. The van der Waals surface area contributed by atoms with E-state index in [1.54, 1.807) is 25.3 Å². The number of aryl methyl sites for hydroxylation is 1. The first-order valence-electron chi connectivity index (χ1n) is 12.9. The van der Waals surface area contributed by atoms with Crippen molar-refractivity contribution in [2.24, 2.45) is 5.41 Å². The Labute approximate surface area is 246 Å². The van der Waals surface area contributed by atoms with E-state index in [0.717, 1.165) is 16.4 Å². The van der Waals surface area contributed by atoms with Gasteiger partial charge in [0.05, 0.1) is 29.2 Å². The molecule has 212 valence electrons. The van der Waals surface area contributed by atoms with Gasteiger partial charge in [-0.2, -0.15) is 14.1 Å². The molecule has 13 heteroatoms. The van der Waals surface area contributed by atoms with E-state index in [0.29, 0.717) is 42.2 Å². The fraction of sp³-hybridized carbons (Fsp3) is 0.407. The number of hydrogen-bond acceptors (Lipinski definition) is 8. The van der Waals surface area contributed by atoms with E-state index in [4.69, 9.17) is 4.74 Å². The van der Waals surface area contributed by atoms with Crippen molar-refractivity contribution in [2.75, 3.05) is 37.7 Å². The van der Waals surface area contributed by atoms with Gasteiger partial charge in [-0.3, -0.25) is 14.9 Å². The van der Waals surface area contributed by atoms with Crippen molar-refractivity contribution in [3.8, 4) is 11.4 Å². The van der Waals surface area contributed by atoms with Gasteiger partial charge >= 0.3 is 5.56 Å². The number of benzene rings is 2. The fourth-order valence-electron chi connectivity index (χ4n) is 4.64. The SMILES string of the molecule is Cc1ccc(CS(=O)(=O)N2CCN(c3cnn(-c4cccc(I)c4)c(=O)c3OCC3(C)CC3)CC2)cc1[N+](=O)[O-]. The van der Waals surface area contributed by atoms with Crippen LogP contribution in [-0.4, -0.2) is 60.2 Å². The van der Waals surface area contributed by atoms with Gasteiger partial charge in [0.15, 0.2) is 0 Å². The number of aromatic nitrogens is 2. The van der Waals surface area contributed by atoms with Crippen LogP contribution in [0.2, 0.25) is 0 Å². The van der Waals surface area contributed by atoms with Crippen LogP contribution >= 0.6 is 22.6 Å². The monoisotopic (exact) mass is 679 g/mol. The molecule has 2 aromatic carbocycles. The second-order valence-electron chi connectivity index (χ2n) is 10.7. The first-order chi connectivity index (χ1) is 19.0. The smallest absolute Gasteiger partial charge is 0.316 e. The van der Waals surface area contributed by atoms with Crippen molar-refractivity contribution in [1.82, 2.24) is 14.1 Å². The Morgan fingerprint density at radius 1 is 1.12 bits per heavy atom. The van der Waals surface area contributed by atoms with E-state index in [9.17, 15) is 23.3 Å². The second-order valence-corrected chi connectivity index (χ2v) is 13.9. The lowest BCUT2D eigenvalue weighted by atomic mass is 10.1. The molecule has 1 aliphatic carbocycles. The maximum Gasteiger partial charge on any atom is 0.316 e. The van der Waals surface area contributed by atoms with Crippen molar-refractivity contribution in [3.05, 3.63) is 83.8 Å². The van der Waals surface area contributed by atoms with Crippen molar-refractivity contribution < 1.29 is 18.1 Å². The Morgan fingerprint density at radius 2 is 1.85 bits per heavy atom. The van der Waals surface area contributed by atoms with Gasteiger partial charge < -0.3 is 9.64 Å². The van der Waals surface area contributed by atoms with Crippen LogP contribution < -0.4 is 15.2 Å². The molecule has 1 saturated carbocycles. The zero-order valence-electron chi connectivity index (χ0n) is 22.2. The van der Waals surface area contributed by atoms with Crippen molar-refractivity contribution in [2.45, 2.75) is 32.4 Å². The van der Waals surface area contributed by atoms with Crippen LogP contribution in [0, 0.1) is 26.0 Å². The molecular weight excluding hydrogens is 649 g/mol. The summed E-state index contributed by atoms with van der Waals surface area (Å²) in [5.74, 6) is -0.112. The van der Waals surface area contributed by atoms with Crippen LogP contribution in [0.4, 0.5) is 11.4 Å². The Bertz CT molecular complexity index is 1610. The topological polar surface area (TPSA) is 128 Å². The average molecular weight is 680 g/mol. The molecule has 1 aromatic heterocycles. The third-order valence-electron chi connectivity index (χ3n) is 7.43. The highest BCUT2D eigenvalue weighted by atomic mass is 127. The van der Waals surface area contributed by atoms with Crippen LogP contribution in [0.5, 0.6) is 5.75 Å². The fourth-order valence-corrected chi connectivity index (χ4v) is 6.67. The first-order valence-corrected chi connectivity index (χ1v) is 15.6. The molecule has 0 unspecified atom stereocenters. The van der Waals surface area contributed by atoms with E-state index in [-0.39, 0.29) is 41.3 Å². The predicted molar refractivity (Wildman–Crippen MR) is 160 cm³/mol. The molecule has 1 saturated heterocycles. The molecule has 40 heavy (non-hydrogen) atoms. The zero-order valence-corrected chi connectivity index (χ0v) is 25.2. The molecule has 0 atom stereocenters. The Hall–Kier alpha value is -3.04. The molecule has 2 fully saturated rings. The molecule has 0 amide bonds. The Morgan fingerprint density at radius 3 is 2.50 bits per heavy atom. The van der Waals surface area contributed by atoms with E-state index >= 15 is 0 Å². The van der Waals surface area contributed by atoms with Crippen LogP contribution in [0.1, 0.15) is 30.9 Å². The van der Waals surface area contributed by atoms with Crippen molar-refractivity contribution >= 4 is 44.0 Å². The quantitative estimate of drug-likeness (QED) is 0.190. The van der Waals surface area contributed by atoms with E-state index in [2.05, 4.69) is 34.6 Å². The van der Waals surface area contributed by atoms with E-state index in [1.165, 1.54) is 15.1 Å². The lowest BCUT2D eigenvalue weighted by Crippen LogP contribution is -2.49. The van der Waals surface area contributed by atoms with Gasteiger partial charge in [-0.05, 0) is 66.1 Å². The lowest BCUT2D eigenvalue weighted by Gasteiger charge is -2.35. The van der Waals surface area contributed by atoms with Crippen LogP contribution in [0.25, 0.3) is 5.69 Å². The van der Waals surface area contributed by atoms with Crippen molar-refractivity contribution in [3.63, 3.8) is 0 Å². The van der Waals surface area contributed by atoms with Crippen molar-refractivity contribution in [1.29, 1.82) is 0 Å². The van der Waals surface area contributed by atoms with Gasteiger partial charge in [-0.25, -0.2) is 8.42 Å². The van der Waals surface area contributed by atoms with Gasteiger partial charge in [0, 0.05) is 46.8 Å². The summed E-state index contributed by atoms with van der Waals surface area (Å²) in [7, 11) is -3.71. The van der Waals surface area contributed by atoms with Gasteiger partial charge in [-0.1, -0.05) is 25.1 Å². The number of piperazine rings is 1. The highest BCUT2D eigenvalue weighted by Gasteiger charge is 2.39. The summed E-state index contributed by atoms with van der Waals surface area (Å²) in [4.78, 5) is 26.3. The zero-order chi connectivity index (χ0) is 28.7. The Kier molecular flexibility index (Phi) is 7.90. The van der Waals surface area contributed by atoms with Gasteiger partial charge in [-0.15, -0.1) is 0 Å². The number of rotatable bonds is 9. The number of ether oxygens (including phenoxy) is 1. The molecule has 2 heterocycles. The summed E-state index contributed by atoms with van der Waals surface area (Å²) in [5, 5.41) is 15.7. The number of halogens is 1. The molecule has 1 aliphatic heterocycles. The number of sulfonamides is 1. The molecule has 2 aliphatic rings. The normalized spacial score (nSPS) is 17.0. The van der Waals surface area contributed by atoms with E-state index < -0.39 is 14.9 Å². The summed E-state index contributed by atoms with van der Waals surface area (Å²) >= 11 is 2.18. The average Bonchev–Trinajstić information content (AvgIpc) is 3.65. The largest absolute Gasteiger partial charge is 0.486 e. The number of nitro benzene ring substituents is 1. The van der Waals surface area contributed by atoms with Gasteiger partial charge in [0.2, 0.25) is 15.8 Å². The number of anilines is 1. The van der Waals surface area contributed by atoms with Crippen LogP contribution in [0.15, 0.2) is 53.5 Å². The predicted octanol–water partition coefficient (Wildman–Crippen LogP) is 3.88. The standard InChI is InChI=1S/C27H30IN5O6S/c1-19-6-7-20(14-23(19)33(35)36)17-40(37,38)31-12-10-30(11-13-31)24-16-29-32(22-5-3-4-21(28)15-22)26(34)25(24)39-18-27(2)8-9-27/h3-7,14-16H,8-13,17-18H2,1-2H3. The summed E-state index contributed by atoms with van der Waals surface area (Å²) in [6, 6.07) is 12.0. The van der Waals surface area contributed by atoms with E-state index in [1.807, 2.05) is 29.2 Å². The maximum absolute atomic E-state index is 13.6. The maximum atomic E-state index is 13.6. The number of nitro groups is 1. The molecule has 3 aromatic rings. The highest BCUT2D eigenvalue weighted by Crippen LogP contribution is 2.45. The molecule has 5 rings (SSSR count). The number of nitrogens with zero attached hydrogens (tertiary/aromatic N) is 5. The Balaban J connectivity index is 1.35. The lowest BCUT2D eigenvalue weighted by molar-refractivity contribution is -0.385. The van der Waals surface area contributed by atoms with Crippen LogP contribution in [-0.2, 0) is 15.8 Å². The second kappa shape index (κ2) is 11.1. The van der Waals surface area contributed by atoms with Crippen LogP contribution in [0.3, 0.4) is 0 Å². The summed E-state index contributed by atoms with van der Waals surface area (Å²) in [5.41, 5.74) is 1.62.